The van der Waals surface area contributed by atoms with Gasteiger partial charge in [-0.3, -0.25) is 4.55 Å². The number of nitrogens with two attached hydrogens (primary N) is 1. The van der Waals surface area contributed by atoms with Crippen LogP contribution in [0.1, 0.15) is 0 Å². The van der Waals surface area contributed by atoms with Crippen LogP contribution in [0.4, 0.5) is 0 Å². The summed E-state index contributed by atoms with van der Waals surface area (Å²) in [5, 5.41) is 3.88. The number of hydrogen-bond donors (Lipinski definition) is 4. The van der Waals surface area contributed by atoms with Crippen molar-refractivity contribution in [2.75, 3.05) is 0 Å². The van der Waals surface area contributed by atoms with Crippen LogP contribution in [0.15, 0.2) is 0 Å². The van der Waals surface area contributed by atoms with Crippen LogP contribution in [-0.4, -0.2) is 22.8 Å². The van der Waals surface area contributed by atoms with Crippen molar-refractivity contribution in [2.45, 2.75) is 0 Å². The van der Waals surface area contributed by atoms with Crippen LogP contribution in [0.5, 0.6) is 0 Å². The van der Waals surface area contributed by atoms with Gasteiger partial charge in [0.15, 0.2) is 0 Å². The van der Waals surface area contributed by atoms with Gasteiger partial charge in [-0.05, 0) is 0 Å². The molecular formula is H5NO6PS+. The van der Waals surface area contributed by atoms with E-state index >= 15 is 0 Å². The maximum Gasteiger partial charge on any atom is 0.692 e. The smallest absolute Gasteiger partial charge is 0.274 e. The van der Waals surface area contributed by atoms with Gasteiger partial charge in [0.25, 0.3) is 0 Å². The summed E-state index contributed by atoms with van der Waals surface area (Å²) in [6.07, 6.45) is 0. The quantitative estimate of drug-likeness (QED) is 0.259. The molecule has 0 aromatic rings. The van der Waals surface area contributed by atoms with Gasteiger partial charge >= 0.3 is 18.6 Å². The Balaban J connectivity index is 0. The third-order valence-electron chi connectivity index (χ3n) is 0. The highest BCUT2D eigenvalue weighted by Crippen LogP contribution is 1.98. The van der Waals surface area contributed by atoms with Gasteiger partial charge in [0.2, 0.25) is 0 Å². The fourth-order valence-electron chi connectivity index (χ4n) is 0. The van der Waals surface area contributed by atoms with Crippen molar-refractivity contribution in [1.29, 1.82) is 0 Å². The van der Waals surface area contributed by atoms with E-state index in [2.05, 4.69) is 5.14 Å². The van der Waals surface area contributed by atoms with Crippen LogP contribution < -0.4 is 5.14 Å². The van der Waals surface area contributed by atoms with Crippen molar-refractivity contribution in [3.63, 3.8) is 0 Å². The van der Waals surface area contributed by atoms with Gasteiger partial charge in [-0.25, -0.2) is 5.14 Å². The third-order valence-corrected chi connectivity index (χ3v) is 0. The zero-order valence-electron chi connectivity index (χ0n) is 4.00. The Labute approximate surface area is 52.0 Å². The Kier molecular flexibility index (Phi) is 6.14. The summed E-state index contributed by atoms with van der Waals surface area (Å²) in [6, 6.07) is 0. The van der Waals surface area contributed by atoms with E-state index < -0.39 is 18.6 Å². The van der Waals surface area contributed by atoms with Crippen LogP contribution in [0.3, 0.4) is 0 Å². The molecule has 9 heavy (non-hydrogen) atoms. The lowest BCUT2D eigenvalue weighted by atomic mass is 13.9. The zero-order valence-corrected chi connectivity index (χ0v) is 5.71. The van der Waals surface area contributed by atoms with E-state index in [9.17, 15) is 0 Å². The highest BCUT2D eigenvalue weighted by molar-refractivity contribution is 7.83. The minimum absolute atomic E-state index is 2.87. The Morgan fingerprint density at radius 1 is 1.33 bits per heavy atom. The Bertz CT molecular complexity index is 155. The van der Waals surface area contributed by atoms with E-state index in [-0.39, 0.29) is 0 Å². The predicted molar refractivity (Wildman–Crippen MR) is 27.8 cm³/mol. The van der Waals surface area contributed by atoms with Crippen LogP contribution in [-0.2, 0) is 14.9 Å². The molecule has 0 bridgehead atoms. The van der Waals surface area contributed by atoms with E-state index in [4.69, 9.17) is 27.3 Å². The molecule has 0 radical (unpaired) electrons. The summed E-state index contributed by atoms with van der Waals surface area (Å²) >= 11 is 0. The van der Waals surface area contributed by atoms with Crippen LogP contribution >= 0.6 is 8.25 Å². The molecule has 0 aromatic carbocycles. The molecule has 0 atom stereocenters. The summed E-state index contributed by atoms with van der Waals surface area (Å²) in [6.45, 7) is 0. The normalized spacial score (nSPS) is 9.33. The minimum atomic E-state index is -4.17. The maximum absolute atomic E-state index is 8.97. The molecule has 0 rings (SSSR count). The SMILES string of the molecule is NS(=O)(=O)O.O=[P+](O)O. The molecule has 0 aromatic heterocycles. The van der Waals surface area contributed by atoms with E-state index in [0.29, 0.717) is 0 Å². The molecule has 0 fully saturated rings. The first-order valence-corrected chi connectivity index (χ1v) is 4.00. The minimum Gasteiger partial charge on any atom is -0.274 e. The van der Waals surface area contributed by atoms with Crippen molar-refractivity contribution in [3.8, 4) is 0 Å². The fourth-order valence-corrected chi connectivity index (χ4v) is 0. The highest BCUT2D eigenvalue weighted by Gasteiger charge is 1.93. The average molecular weight is 178 g/mol. The largest absolute Gasteiger partial charge is 0.692 e. The molecule has 0 aliphatic heterocycles. The Morgan fingerprint density at radius 2 is 1.33 bits per heavy atom. The number of rotatable bonds is 0. The maximum atomic E-state index is 8.97. The van der Waals surface area contributed by atoms with Gasteiger partial charge in [-0.15, -0.1) is 9.79 Å². The summed E-state index contributed by atoms with van der Waals surface area (Å²) < 4.78 is 33.9. The lowest BCUT2D eigenvalue weighted by Crippen LogP contribution is -2.08. The molecule has 9 heteroatoms. The van der Waals surface area contributed by atoms with Gasteiger partial charge in [-0.2, -0.15) is 8.42 Å². The second-order valence-electron chi connectivity index (χ2n) is 0.768. The Hall–Kier alpha value is -0.110. The van der Waals surface area contributed by atoms with Crippen molar-refractivity contribution >= 4 is 18.6 Å². The van der Waals surface area contributed by atoms with Crippen molar-refractivity contribution in [3.05, 3.63) is 0 Å². The second-order valence-corrected chi connectivity index (χ2v) is 2.30. The first-order chi connectivity index (χ1) is 3.73. The van der Waals surface area contributed by atoms with Gasteiger partial charge < -0.3 is 0 Å². The van der Waals surface area contributed by atoms with Crippen LogP contribution in [0.2, 0.25) is 0 Å². The van der Waals surface area contributed by atoms with Gasteiger partial charge in [-0.1, -0.05) is 0 Å². The molecule has 0 aliphatic carbocycles. The molecule has 0 spiro atoms. The molecule has 5 N–H and O–H groups in total. The fraction of sp³-hybridized carbons (Fsp3) is 0. The molecular weight excluding hydrogens is 173 g/mol. The monoisotopic (exact) mass is 178 g/mol. The molecule has 0 amide bonds. The first kappa shape index (κ1) is 11.7. The van der Waals surface area contributed by atoms with E-state index in [0.717, 1.165) is 0 Å². The predicted octanol–water partition coefficient (Wildman–Crippen LogP) is -1.62. The average Bonchev–Trinajstić information content (AvgIpc) is 1.19. The van der Waals surface area contributed by atoms with E-state index in [1.807, 2.05) is 0 Å². The molecule has 0 aliphatic rings. The Morgan fingerprint density at radius 3 is 1.33 bits per heavy atom. The second kappa shape index (κ2) is 4.74. The summed E-state index contributed by atoms with van der Waals surface area (Å²) in [5.41, 5.74) is 0. The third kappa shape index (κ3) is 22600. The number of hydrogen-bond acceptors (Lipinski definition) is 3. The van der Waals surface area contributed by atoms with Crippen LogP contribution in [0, 0.1) is 0 Å². The summed E-state index contributed by atoms with van der Waals surface area (Å²) in [4.78, 5) is 14.2. The van der Waals surface area contributed by atoms with Gasteiger partial charge in [0.05, 0.1) is 0 Å². The molecule has 7 nitrogen and oxygen atoms in total. The van der Waals surface area contributed by atoms with E-state index in [1.54, 1.807) is 0 Å². The zero-order chi connectivity index (χ0) is 8.08. The standard InChI is InChI=1S/H3NO3S.HO3P/c1-5(2,3)4;1-4(2)3/h(H3,1,2,3,4);(H-,1,2,3)/p+1. The van der Waals surface area contributed by atoms with E-state index in [1.165, 1.54) is 0 Å². The highest BCUT2D eigenvalue weighted by atomic mass is 32.2. The molecule has 0 heterocycles. The van der Waals surface area contributed by atoms with Gasteiger partial charge in [0.1, 0.15) is 0 Å². The van der Waals surface area contributed by atoms with Crippen molar-refractivity contribution in [1.82, 2.24) is 0 Å². The summed E-state index contributed by atoms with van der Waals surface area (Å²) in [5.74, 6) is 0. The van der Waals surface area contributed by atoms with Crippen LogP contribution in [0.25, 0.3) is 0 Å². The lowest BCUT2D eigenvalue weighted by molar-refractivity contribution is 0.405. The molecule has 56 valence electrons. The van der Waals surface area contributed by atoms with Gasteiger partial charge in [0, 0.05) is 4.57 Å². The molecule has 0 saturated heterocycles. The van der Waals surface area contributed by atoms with Crippen molar-refractivity contribution < 1.29 is 27.3 Å². The summed E-state index contributed by atoms with van der Waals surface area (Å²) in [7, 11) is -7.04. The lowest BCUT2D eigenvalue weighted by Gasteiger charge is -1.70. The van der Waals surface area contributed by atoms with Crippen molar-refractivity contribution in [2.24, 2.45) is 5.14 Å². The first-order valence-electron chi connectivity index (χ1n) is 1.33. The molecule has 0 saturated carbocycles. The topological polar surface area (TPSA) is 138 Å². The molecule has 0 unspecified atom stereocenters.